The molecule has 22 heavy (non-hydrogen) atoms. The number of ether oxygens (including phenoxy) is 1. The van der Waals surface area contributed by atoms with Gasteiger partial charge in [-0.2, -0.15) is 0 Å². The van der Waals surface area contributed by atoms with Crippen LogP contribution in [0.1, 0.15) is 37.3 Å². The molecular formula is C18H26N2O2. The molecule has 1 N–H and O–H groups in total. The van der Waals surface area contributed by atoms with E-state index < -0.39 is 0 Å². The van der Waals surface area contributed by atoms with Crippen LogP contribution in [0.5, 0.6) is 5.75 Å². The maximum Gasteiger partial charge on any atom is 0.220 e. The van der Waals surface area contributed by atoms with Crippen molar-refractivity contribution in [1.82, 2.24) is 10.2 Å². The van der Waals surface area contributed by atoms with Crippen molar-refractivity contribution in [3.63, 3.8) is 0 Å². The number of amides is 1. The molecule has 1 fully saturated rings. The van der Waals surface area contributed by atoms with Gasteiger partial charge in [0, 0.05) is 25.4 Å². The first-order chi connectivity index (χ1) is 10.8. The number of nitrogens with zero attached hydrogens (tertiary/aromatic N) is 1. The van der Waals surface area contributed by atoms with E-state index in [1.165, 1.54) is 30.5 Å². The highest BCUT2D eigenvalue weighted by Gasteiger charge is 2.23. The second kappa shape index (κ2) is 7.14. The number of fused-ring (bicyclic) bond motifs is 1. The molecule has 1 saturated heterocycles. The van der Waals surface area contributed by atoms with Crippen LogP contribution in [-0.2, 0) is 17.6 Å². The van der Waals surface area contributed by atoms with Crippen LogP contribution < -0.4 is 10.1 Å². The molecule has 2 aliphatic heterocycles. The number of carbonyl (C=O) groups excluding carboxylic acids is 1. The third-order valence-corrected chi connectivity index (χ3v) is 4.83. The van der Waals surface area contributed by atoms with Gasteiger partial charge >= 0.3 is 0 Å². The van der Waals surface area contributed by atoms with Gasteiger partial charge in [-0.15, -0.1) is 0 Å². The van der Waals surface area contributed by atoms with Crippen LogP contribution in [0.15, 0.2) is 18.2 Å². The van der Waals surface area contributed by atoms with Crippen LogP contribution >= 0.6 is 0 Å². The number of likely N-dealkylation sites (N-methyl/N-ethyl adjacent to an activating group) is 1. The summed E-state index contributed by atoms with van der Waals surface area (Å²) in [4.78, 5) is 14.5. The van der Waals surface area contributed by atoms with Crippen molar-refractivity contribution in [2.45, 2.75) is 45.1 Å². The zero-order valence-electron chi connectivity index (χ0n) is 13.4. The highest BCUT2D eigenvalue weighted by atomic mass is 16.5. The van der Waals surface area contributed by atoms with Crippen molar-refractivity contribution >= 4 is 5.91 Å². The molecule has 4 heteroatoms. The Balaban J connectivity index is 1.42. The number of hydrogen-bond acceptors (Lipinski definition) is 3. The molecular weight excluding hydrogens is 276 g/mol. The SMILES string of the molecule is CCN1CCC[C@H]1CNC(=O)CCc1ccc2c(c1)CCO2. The molecule has 120 valence electrons. The third kappa shape index (κ3) is 3.61. The Morgan fingerprint density at radius 2 is 2.36 bits per heavy atom. The molecule has 3 rings (SSSR count). The summed E-state index contributed by atoms with van der Waals surface area (Å²) in [5.74, 6) is 1.17. The van der Waals surface area contributed by atoms with Gasteiger partial charge in [-0.05, 0) is 49.5 Å². The van der Waals surface area contributed by atoms with Crippen molar-refractivity contribution in [3.8, 4) is 5.75 Å². The molecule has 0 aromatic heterocycles. The molecule has 1 atom stereocenters. The summed E-state index contributed by atoms with van der Waals surface area (Å²) in [5, 5.41) is 3.11. The Labute approximate surface area is 132 Å². The summed E-state index contributed by atoms with van der Waals surface area (Å²) < 4.78 is 5.51. The van der Waals surface area contributed by atoms with E-state index in [-0.39, 0.29) is 5.91 Å². The molecule has 2 heterocycles. The standard InChI is InChI=1S/C18H26N2O2/c1-2-20-10-3-4-16(20)13-19-18(21)8-6-14-5-7-17-15(12-14)9-11-22-17/h5,7,12,16H,2-4,6,8-11,13H2,1H3,(H,19,21)/t16-/m0/s1. The lowest BCUT2D eigenvalue weighted by atomic mass is 10.0. The van der Waals surface area contributed by atoms with Crippen LogP contribution in [0.25, 0.3) is 0 Å². The van der Waals surface area contributed by atoms with Gasteiger partial charge < -0.3 is 10.1 Å². The van der Waals surface area contributed by atoms with Crippen LogP contribution in [0, 0.1) is 0 Å². The molecule has 1 aromatic carbocycles. The van der Waals surface area contributed by atoms with Gasteiger partial charge in [0.1, 0.15) is 5.75 Å². The smallest absolute Gasteiger partial charge is 0.220 e. The fourth-order valence-electron chi connectivity index (χ4n) is 3.52. The molecule has 0 saturated carbocycles. The maximum absolute atomic E-state index is 12.0. The van der Waals surface area contributed by atoms with E-state index in [1.54, 1.807) is 0 Å². The van der Waals surface area contributed by atoms with Crippen LogP contribution in [0.3, 0.4) is 0 Å². The van der Waals surface area contributed by atoms with Gasteiger partial charge in [-0.1, -0.05) is 19.1 Å². The normalized spacial score (nSPS) is 20.7. The lowest BCUT2D eigenvalue weighted by molar-refractivity contribution is -0.121. The minimum atomic E-state index is 0.166. The van der Waals surface area contributed by atoms with Crippen molar-refractivity contribution < 1.29 is 9.53 Å². The lowest BCUT2D eigenvalue weighted by Crippen LogP contribution is -2.40. The summed E-state index contributed by atoms with van der Waals surface area (Å²) in [6, 6.07) is 6.83. The minimum absolute atomic E-state index is 0.166. The van der Waals surface area contributed by atoms with E-state index in [9.17, 15) is 4.79 Å². The predicted molar refractivity (Wildman–Crippen MR) is 87.2 cm³/mol. The molecule has 1 aromatic rings. The summed E-state index contributed by atoms with van der Waals surface area (Å²) in [6.07, 6.45) is 4.83. The number of rotatable bonds is 6. The van der Waals surface area contributed by atoms with Crippen LogP contribution in [0.4, 0.5) is 0 Å². The largest absolute Gasteiger partial charge is 0.493 e. The quantitative estimate of drug-likeness (QED) is 0.875. The highest BCUT2D eigenvalue weighted by Crippen LogP contribution is 2.26. The second-order valence-corrected chi connectivity index (χ2v) is 6.27. The van der Waals surface area contributed by atoms with Gasteiger partial charge in [-0.25, -0.2) is 0 Å². The fourth-order valence-corrected chi connectivity index (χ4v) is 3.52. The van der Waals surface area contributed by atoms with Crippen molar-refractivity contribution in [2.75, 3.05) is 26.2 Å². The summed E-state index contributed by atoms with van der Waals surface area (Å²) >= 11 is 0. The number of nitrogens with one attached hydrogen (secondary N) is 1. The van der Waals surface area contributed by atoms with Gasteiger partial charge in [0.15, 0.2) is 0 Å². The molecule has 2 aliphatic rings. The Morgan fingerprint density at radius 1 is 1.45 bits per heavy atom. The highest BCUT2D eigenvalue weighted by molar-refractivity contribution is 5.76. The molecule has 4 nitrogen and oxygen atoms in total. The number of aryl methyl sites for hydroxylation is 1. The first-order valence-electron chi connectivity index (χ1n) is 8.51. The van der Waals surface area contributed by atoms with Gasteiger partial charge in [-0.3, -0.25) is 9.69 Å². The maximum atomic E-state index is 12.0. The Hall–Kier alpha value is -1.55. The van der Waals surface area contributed by atoms with Gasteiger partial charge in [0.05, 0.1) is 6.61 Å². The van der Waals surface area contributed by atoms with Crippen LogP contribution in [-0.4, -0.2) is 43.1 Å². The van der Waals surface area contributed by atoms with Crippen molar-refractivity contribution in [1.29, 1.82) is 0 Å². The number of hydrogen-bond donors (Lipinski definition) is 1. The minimum Gasteiger partial charge on any atom is -0.493 e. The molecule has 0 bridgehead atoms. The molecule has 0 aliphatic carbocycles. The zero-order valence-corrected chi connectivity index (χ0v) is 13.4. The number of benzene rings is 1. The number of carbonyl (C=O) groups is 1. The topological polar surface area (TPSA) is 41.6 Å². The van der Waals surface area contributed by atoms with E-state index in [4.69, 9.17) is 4.74 Å². The summed E-state index contributed by atoms with van der Waals surface area (Å²) in [7, 11) is 0. The Morgan fingerprint density at radius 3 is 3.23 bits per heavy atom. The van der Waals surface area contributed by atoms with E-state index in [1.807, 2.05) is 6.07 Å². The van der Waals surface area contributed by atoms with E-state index in [0.29, 0.717) is 12.5 Å². The fraction of sp³-hybridized carbons (Fsp3) is 0.611. The first kappa shape index (κ1) is 15.3. The first-order valence-corrected chi connectivity index (χ1v) is 8.51. The molecule has 0 spiro atoms. The Bertz CT molecular complexity index is 530. The van der Waals surface area contributed by atoms with Gasteiger partial charge in [0.25, 0.3) is 0 Å². The van der Waals surface area contributed by atoms with E-state index in [0.717, 1.165) is 38.3 Å². The predicted octanol–water partition coefficient (Wildman–Crippen LogP) is 2.15. The monoisotopic (exact) mass is 302 g/mol. The van der Waals surface area contributed by atoms with E-state index in [2.05, 4.69) is 29.3 Å². The van der Waals surface area contributed by atoms with Crippen molar-refractivity contribution in [2.24, 2.45) is 0 Å². The summed E-state index contributed by atoms with van der Waals surface area (Å²) in [6.45, 7) is 6.03. The Kier molecular flexibility index (Phi) is 4.98. The lowest BCUT2D eigenvalue weighted by Gasteiger charge is -2.22. The average Bonchev–Trinajstić information content (AvgIpc) is 3.18. The molecule has 0 radical (unpaired) electrons. The van der Waals surface area contributed by atoms with Gasteiger partial charge in [0.2, 0.25) is 5.91 Å². The molecule has 0 unspecified atom stereocenters. The zero-order chi connectivity index (χ0) is 15.4. The summed E-state index contributed by atoms with van der Waals surface area (Å²) in [5.41, 5.74) is 2.51. The van der Waals surface area contributed by atoms with Crippen molar-refractivity contribution in [3.05, 3.63) is 29.3 Å². The average molecular weight is 302 g/mol. The molecule has 1 amide bonds. The number of likely N-dealkylation sites (tertiary alicyclic amines) is 1. The van der Waals surface area contributed by atoms with Crippen LogP contribution in [0.2, 0.25) is 0 Å². The van der Waals surface area contributed by atoms with E-state index >= 15 is 0 Å². The third-order valence-electron chi connectivity index (χ3n) is 4.83. The second-order valence-electron chi connectivity index (χ2n) is 6.27.